The Hall–Kier alpha value is -7.86. The van der Waals surface area contributed by atoms with Crippen molar-refractivity contribution in [2.24, 2.45) is 29.4 Å². The largest absolute Gasteiger partial charge is 0.399 e. The Balaban J connectivity index is 0.841. The molecule has 3 saturated heterocycles. The molecular weight excluding hydrogens is 1090 g/mol. The number of benzene rings is 4. The molecule has 83 heavy (non-hydrogen) atoms. The minimum atomic E-state index is -5.89. The van der Waals surface area contributed by atoms with Crippen molar-refractivity contribution in [1.29, 1.82) is 0 Å². The smallest absolute Gasteiger partial charge is 0.370 e. The number of nitrogens with two attached hydrogens (primary N) is 1. The first-order valence-corrected chi connectivity index (χ1v) is 29.7. The number of halogens is 2. The van der Waals surface area contributed by atoms with Crippen molar-refractivity contribution in [3.05, 3.63) is 118 Å². The fourth-order valence-corrected chi connectivity index (χ4v) is 12.6. The van der Waals surface area contributed by atoms with Gasteiger partial charge in [-0.2, -0.15) is 8.78 Å². The standard InChI is InChI=1S/C60H67F2N8O12P/c1-3-4-17-46(65-53(73)39-19-18-36-20-21-41(31-40(36)30-39)60(61,62)83(80,81)82)58(78)70-32-43-34(2)50(43)52(70)56(76)64-45(22-24-48(63)71)54(74)67-51(38-13-6-5-7-14-38)59(79)68-28-26-35(27-29-68)11-8-9-12-37-15-10-16-42-44(37)33-69(57(42)77)47-23-25-49(72)66-55(47)75/h5-7,10,13-16,18-21,30-31,34-35,43,45-47,50-52H,3-4,8,11,17,22-29,32-33H2,1-2H3,(H2,63,71)(H,64,76)(H,65,73)(H,67,74)(H,66,72,75)(H2,80,81,82)/t34?,43?,45-,46-,47?,50?,51-,52-/m0/s1. The summed E-state index contributed by atoms with van der Waals surface area (Å²) in [5.74, 6) is 1.40. The molecule has 0 bridgehead atoms. The van der Waals surface area contributed by atoms with Gasteiger partial charge in [0, 0.05) is 67.7 Å². The summed E-state index contributed by atoms with van der Waals surface area (Å²) in [5.41, 5.74) is 2.51. The number of hydrogen-bond donors (Lipinski definition) is 7. The minimum Gasteiger partial charge on any atom is -0.370 e. The predicted molar refractivity (Wildman–Crippen MR) is 298 cm³/mol. The molecule has 0 aromatic heterocycles. The van der Waals surface area contributed by atoms with Crippen LogP contribution in [0.4, 0.5) is 8.78 Å². The second-order valence-corrected chi connectivity index (χ2v) is 24.0. The Bertz CT molecular complexity index is 3360. The SMILES string of the molecule is CCCC[C@H](NC(=O)c1ccc2ccc(C(F)(F)P(=O)(O)O)cc2c1)C(=O)N1CC2C(C)C2[C@H]1C(=O)N[C@@H](CCC(N)=O)C(=O)N[C@H](C(=O)N1CCC(CCC#Cc2cccc3c2CN(C2CCC(=O)NC2=O)C3=O)CC1)c1ccccc1. The molecule has 438 valence electrons. The first kappa shape index (κ1) is 59.8. The van der Waals surface area contributed by atoms with Crippen molar-refractivity contribution in [3.63, 3.8) is 0 Å². The molecule has 9 rings (SSSR count). The lowest BCUT2D eigenvalue weighted by Crippen LogP contribution is -2.58. The lowest BCUT2D eigenvalue weighted by molar-refractivity contribution is -0.143. The monoisotopic (exact) mass is 1160 g/mol. The molecule has 0 radical (unpaired) electrons. The van der Waals surface area contributed by atoms with Gasteiger partial charge in [0.05, 0.1) is 0 Å². The van der Waals surface area contributed by atoms with Gasteiger partial charge in [-0.15, -0.1) is 0 Å². The molecule has 1 saturated carbocycles. The van der Waals surface area contributed by atoms with Crippen LogP contribution in [0.15, 0.2) is 84.9 Å². The molecule has 4 heterocycles. The lowest BCUT2D eigenvalue weighted by Gasteiger charge is -2.35. The Morgan fingerprint density at radius 2 is 1.60 bits per heavy atom. The van der Waals surface area contributed by atoms with Gasteiger partial charge >= 0.3 is 13.3 Å². The number of rotatable bonds is 20. The van der Waals surface area contributed by atoms with Crippen molar-refractivity contribution >= 4 is 71.5 Å². The van der Waals surface area contributed by atoms with Gasteiger partial charge in [-0.1, -0.05) is 93.1 Å². The number of unbranched alkanes of at least 4 members (excludes halogenated alkanes) is 1. The molecule has 4 fully saturated rings. The zero-order chi connectivity index (χ0) is 59.5. The third-order valence-corrected chi connectivity index (χ3v) is 17.9. The molecular formula is C60H67F2N8O12P. The van der Waals surface area contributed by atoms with Crippen LogP contribution in [-0.2, 0) is 50.3 Å². The third-order valence-electron chi connectivity index (χ3n) is 16.9. The van der Waals surface area contributed by atoms with Crippen molar-refractivity contribution in [3.8, 4) is 11.8 Å². The number of nitrogens with one attached hydrogen (secondary N) is 4. The summed E-state index contributed by atoms with van der Waals surface area (Å²) >= 11 is 0. The summed E-state index contributed by atoms with van der Waals surface area (Å²) in [6, 6.07) is 15.6. The van der Waals surface area contributed by atoms with Crippen LogP contribution in [0.25, 0.3) is 10.8 Å². The van der Waals surface area contributed by atoms with E-state index < -0.39 is 84.5 Å². The Morgan fingerprint density at radius 1 is 0.867 bits per heavy atom. The first-order valence-electron chi connectivity index (χ1n) is 28.1. The molecule has 5 aliphatic rings. The van der Waals surface area contributed by atoms with Crippen LogP contribution in [0, 0.1) is 35.5 Å². The number of piperidine rings is 3. The molecule has 23 heteroatoms. The van der Waals surface area contributed by atoms with Crippen LogP contribution in [0.2, 0.25) is 0 Å². The minimum absolute atomic E-state index is 0.0220. The number of alkyl halides is 2. The highest BCUT2D eigenvalue weighted by Gasteiger charge is 2.63. The van der Waals surface area contributed by atoms with Gasteiger partial charge < -0.3 is 46.2 Å². The second-order valence-electron chi connectivity index (χ2n) is 22.3. The molecule has 4 aromatic rings. The van der Waals surface area contributed by atoms with Crippen LogP contribution < -0.4 is 27.0 Å². The molecule has 8 N–H and O–H groups in total. The number of likely N-dealkylation sites (tertiary alicyclic amines) is 2. The van der Waals surface area contributed by atoms with Gasteiger partial charge in [0.15, 0.2) is 0 Å². The Morgan fingerprint density at radius 3 is 2.30 bits per heavy atom. The van der Waals surface area contributed by atoms with Gasteiger partial charge in [-0.25, -0.2) is 0 Å². The molecule has 8 atom stereocenters. The maximum Gasteiger partial charge on any atom is 0.399 e. The van der Waals surface area contributed by atoms with E-state index >= 15 is 0 Å². The van der Waals surface area contributed by atoms with Gasteiger partial charge in [-0.05, 0) is 114 Å². The lowest BCUT2D eigenvalue weighted by atomic mass is 9.91. The molecule has 1 aliphatic carbocycles. The number of carbonyl (C=O) groups is 9. The van der Waals surface area contributed by atoms with Gasteiger partial charge in [0.25, 0.3) is 11.8 Å². The van der Waals surface area contributed by atoms with E-state index in [-0.39, 0.29) is 97.5 Å². The Labute approximate surface area is 478 Å². The van der Waals surface area contributed by atoms with E-state index in [4.69, 9.17) is 5.73 Å². The highest BCUT2D eigenvalue weighted by molar-refractivity contribution is 7.52. The highest BCUT2D eigenvalue weighted by atomic mass is 31.2. The summed E-state index contributed by atoms with van der Waals surface area (Å²) in [7, 11) is -5.89. The number of carbonyl (C=O) groups excluding carboxylic acids is 9. The maximum absolute atomic E-state index is 14.7. The summed E-state index contributed by atoms with van der Waals surface area (Å²) in [4.78, 5) is 145. The normalized spacial score (nSPS) is 21.6. The first-order chi connectivity index (χ1) is 39.6. The average molecular weight is 1160 g/mol. The van der Waals surface area contributed by atoms with Crippen LogP contribution in [-0.4, -0.2) is 121 Å². The molecule has 9 amide bonds. The maximum atomic E-state index is 14.7. The van der Waals surface area contributed by atoms with E-state index in [1.807, 2.05) is 19.9 Å². The van der Waals surface area contributed by atoms with Crippen molar-refractivity contribution in [2.45, 2.75) is 127 Å². The summed E-state index contributed by atoms with van der Waals surface area (Å²) in [5, 5.41) is 11.2. The van der Waals surface area contributed by atoms with Crippen LogP contribution in [0.5, 0.6) is 0 Å². The highest BCUT2D eigenvalue weighted by Crippen LogP contribution is 2.59. The summed E-state index contributed by atoms with van der Waals surface area (Å²) in [6.07, 6.45) is 3.80. The van der Waals surface area contributed by atoms with Gasteiger partial charge in [-0.3, -0.25) is 53.0 Å². The fourth-order valence-electron chi connectivity index (χ4n) is 12.1. The van der Waals surface area contributed by atoms with Crippen LogP contribution in [0.3, 0.4) is 0 Å². The van der Waals surface area contributed by atoms with E-state index in [2.05, 4.69) is 33.1 Å². The summed E-state index contributed by atoms with van der Waals surface area (Å²) < 4.78 is 41.0. The number of amides is 9. The summed E-state index contributed by atoms with van der Waals surface area (Å²) in [6.45, 7) is 5.01. The third kappa shape index (κ3) is 13.0. The molecule has 4 unspecified atom stereocenters. The van der Waals surface area contributed by atoms with E-state index in [9.17, 15) is 66.3 Å². The average Bonchev–Trinajstić information content (AvgIpc) is 1.86. The quantitative estimate of drug-likeness (QED) is 0.0354. The van der Waals surface area contributed by atoms with Crippen LogP contribution in [0.1, 0.15) is 133 Å². The van der Waals surface area contributed by atoms with Crippen molar-refractivity contribution in [2.75, 3.05) is 19.6 Å². The van der Waals surface area contributed by atoms with Crippen molar-refractivity contribution in [1.82, 2.24) is 36.0 Å². The fraction of sp³-hybridized carbons (Fsp3) is 0.450. The molecule has 4 aliphatic heterocycles. The van der Waals surface area contributed by atoms with E-state index in [0.29, 0.717) is 67.3 Å². The number of nitrogens with zero attached hydrogens (tertiary/aromatic N) is 3. The number of primary amides is 1. The topological polar surface area (TPSA) is 295 Å². The number of hydrogen-bond acceptors (Lipinski definition) is 10. The van der Waals surface area contributed by atoms with E-state index in [1.54, 1.807) is 47.4 Å². The molecule has 4 aromatic carbocycles. The van der Waals surface area contributed by atoms with E-state index in [0.717, 1.165) is 24.1 Å². The zero-order valence-corrected chi connectivity index (χ0v) is 46.9. The predicted octanol–water partition coefficient (Wildman–Crippen LogP) is 4.89. The number of fused-ring (bicyclic) bond motifs is 3. The second kappa shape index (κ2) is 24.9. The molecule has 0 spiro atoms. The van der Waals surface area contributed by atoms with Crippen LogP contribution >= 0.6 is 7.60 Å². The van der Waals surface area contributed by atoms with Gasteiger partial charge in [0.1, 0.15) is 30.2 Å². The zero-order valence-electron chi connectivity index (χ0n) is 46.0. The molecule has 20 nitrogen and oxygen atoms in total. The Kier molecular flexibility index (Phi) is 17.9. The van der Waals surface area contributed by atoms with Gasteiger partial charge in [0.2, 0.25) is 41.4 Å². The van der Waals surface area contributed by atoms with Crippen molar-refractivity contribution < 1.29 is 66.3 Å². The number of imide groups is 1. The van der Waals surface area contributed by atoms with E-state index in [1.165, 1.54) is 34.1 Å².